The molecule has 1 aromatic carbocycles. The lowest BCUT2D eigenvalue weighted by atomic mass is 9.87. The van der Waals surface area contributed by atoms with Gasteiger partial charge in [0.05, 0.1) is 5.69 Å². The zero-order valence-electron chi connectivity index (χ0n) is 11.2. The highest BCUT2D eigenvalue weighted by molar-refractivity contribution is 7.13. The van der Waals surface area contributed by atoms with Crippen LogP contribution in [0.15, 0.2) is 29.6 Å². The van der Waals surface area contributed by atoms with Crippen LogP contribution in [0.1, 0.15) is 38.4 Å². The van der Waals surface area contributed by atoms with Crippen molar-refractivity contribution in [3.63, 3.8) is 0 Å². The van der Waals surface area contributed by atoms with E-state index in [9.17, 15) is 0 Å². The van der Waals surface area contributed by atoms with Gasteiger partial charge < -0.3 is 5.73 Å². The van der Waals surface area contributed by atoms with Crippen molar-refractivity contribution in [1.82, 2.24) is 4.98 Å². The van der Waals surface area contributed by atoms with Crippen LogP contribution in [0.4, 0.5) is 0 Å². The van der Waals surface area contributed by atoms with Gasteiger partial charge >= 0.3 is 0 Å². The second-order valence-corrected chi connectivity index (χ2v) is 6.03. The predicted molar refractivity (Wildman–Crippen MR) is 78.8 cm³/mol. The summed E-state index contributed by atoms with van der Waals surface area (Å²) in [5.41, 5.74) is 9.28. The van der Waals surface area contributed by atoms with Crippen molar-refractivity contribution in [3.05, 3.63) is 40.9 Å². The molecule has 1 heterocycles. The third-order valence-electron chi connectivity index (χ3n) is 3.52. The number of rotatable bonds is 4. The molecular weight excluding hydrogens is 240 g/mol. The van der Waals surface area contributed by atoms with Crippen LogP contribution in [0.2, 0.25) is 0 Å². The molecule has 0 spiro atoms. The number of hydrogen-bond donors (Lipinski definition) is 1. The molecule has 0 saturated heterocycles. The van der Waals surface area contributed by atoms with Crippen LogP contribution in [0.3, 0.4) is 0 Å². The van der Waals surface area contributed by atoms with E-state index in [1.165, 1.54) is 11.3 Å². The third kappa shape index (κ3) is 2.62. The molecule has 18 heavy (non-hydrogen) atoms. The summed E-state index contributed by atoms with van der Waals surface area (Å²) >= 11 is 1.72. The molecule has 0 amide bonds. The van der Waals surface area contributed by atoms with Crippen LogP contribution in [-0.4, -0.2) is 4.98 Å². The molecule has 0 aliphatic heterocycles. The van der Waals surface area contributed by atoms with E-state index in [1.54, 1.807) is 11.3 Å². The molecule has 0 unspecified atom stereocenters. The minimum absolute atomic E-state index is 0.159. The zero-order chi connectivity index (χ0) is 13.2. The van der Waals surface area contributed by atoms with Crippen molar-refractivity contribution < 1.29 is 0 Å². The number of nitrogens with zero attached hydrogens (tertiary/aromatic N) is 1. The Morgan fingerprint density at radius 3 is 2.44 bits per heavy atom. The fraction of sp³-hybridized carbons (Fsp3) is 0.400. The Kier molecular flexibility index (Phi) is 3.83. The summed E-state index contributed by atoms with van der Waals surface area (Å²) in [6.45, 7) is 7.27. The predicted octanol–water partition coefficient (Wildman–Crippen LogP) is 3.96. The van der Waals surface area contributed by atoms with Gasteiger partial charge in [0.25, 0.3) is 0 Å². The number of nitrogens with two attached hydrogens (primary N) is 1. The maximum Gasteiger partial charge on any atom is 0.123 e. The lowest BCUT2D eigenvalue weighted by Crippen LogP contribution is -2.15. The van der Waals surface area contributed by atoms with Gasteiger partial charge in [0, 0.05) is 22.9 Å². The van der Waals surface area contributed by atoms with Gasteiger partial charge in [-0.25, -0.2) is 4.98 Å². The highest BCUT2D eigenvalue weighted by Crippen LogP contribution is 2.31. The van der Waals surface area contributed by atoms with Crippen LogP contribution in [0.25, 0.3) is 10.6 Å². The first-order valence-corrected chi connectivity index (χ1v) is 7.20. The summed E-state index contributed by atoms with van der Waals surface area (Å²) < 4.78 is 0. The standard InChI is InChI=1S/C15H20N2S/c1-4-15(2,3)13-10-18-14(17-13)12-7-5-11(9-16)6-8-12/h5-8,10H,4,9,16H2,1-3H3. The van der Waals surface area contributed by atoms with E-state index in [4.69, 9.17) is 10.7 Å². The number of hydrogen-bond acceptors (Lipinski definition) is 3. The summed E-state index contributed by atoms with van der Waals surface area (Å²) in [6, 6.07) is 8.34. The molecule has 0 aliphatic rings. The van der Waals surface area contributed by atoms with Crippen molar-refractivity contribution in [2.75, 3.05) is 0 Å². The topological polar surface area (TPSA) is 38.9 Å². The van der Waals surface area contributed by atoms with Crippen molar-refractivity contribution in [2.24, 2.45) is 5.73 Å². The first-order valence-electron chi connectivity index (χ1n) is 6.32. The van der Waals surface area contributed by atoms with E-state index in [0.29, 0.717) is 6.54 Å². The van der Waals surface area contributed by atoms with Crippen molar-refractivity contribution >= 4 is 11.3 Å². The van der Waals surface area contributed by atoms with Gasteiger partial charge in [-0.05, 0) is 12.0 Å². The molecule has 0 saturated carbocycles. The smallest absolute Gasteiger partial charge is 0.123 e. The van der Waals surface area contributed by atoms with E-state index in [-0.39, 0.29) is 5.41 Å². The average Bonchev–Trinajstić information content (AvgIpc) is 2.89. The number of thiazole rings is 1. The fourth-order valence-corrected chi connectivity index (χ4v) is 2.70. The van der Waals surface area contributed by atoms with Gasteiger partial charge in [0.15, 0.2) is 0 Å². The van der Waals surface area contributed by atoms with Gasteiger partial charge in [-0.1, -0.05) is 45.0 Å². The molecule has 0 fully saturated rings. The third-order valence-corrected chi connectivity index (χ3v) is 4.41. The van der Waals surface area contributed by atoms with E-state index >= 15 is 0 Å². The molecule has 0 aliphatic carbocycles. The van der Waals surface area contributed by atoms with E-state index in [0.717, 1.165) is 17.0 Å². The Bertz CT molecular complexity index is 512. The fourth-order valence-electron chi connectivity index (χ4n) is 1.68. The largest absolute Gasteiger partial charge is 0.326 e. The molecule has 0 bridgehead atoms. The zero-order valence-corrected chi connectivity index (χ0v) is 12.1. The van der Waals surface area contributed by atoms with Crippen molar-refractivity contribution in [3.8, 4) is 10.6 Å². The maximum atomic E-state index is 5.60. The average molecular weight is 260 g/mol. The van der Waals surface area contributed by atoms with Crippen LogP contribution < -0.4 is 5.73 Å². The van der Waals surface area contributed by atoms with Crippen LogP contribution in [0.5, 0.6) is 0 Å². The van der Waals surface area contributed by atoms with Gasteiger partial charge in [0.1, 0.15) is 5.01 Å². The Hall–Kier alpha value is -1.19. The van der Waals surface area contributed by atoms with Crippen LogP contribution >= 0.6 is 11.3 Å². The Labute approximate surface area is 113 Å². The summed E-state index contributed by atoms with van der Waals surface area (Å²) in [7, 11) is 0. The molecular formula is C15H20N2S. The molecule has 96 valence electrons. The van der Waals surface area contributed by atoms with Gasteiger partial charge in [-0.15, -0.1) is 11.3 Å². The highest BCUT2D eigenvalue weighted by atomic mass is 32.1. The van der Waals surface area contributed by atoms with Gasteiger partial charge in [-0.3, -0.25) is 0 Å². The normalized spacial score (nSPS) is 11.8. The number of aromatic nitrogens is 1. The first-order chi connectivity index (χ1) is 8.56. The minimum Gasteiger partial charge on any atom is -0.326 e. The molecule has 2 N–H and O–H groups in total. The van der Waals surface area contributed by atoms with E-state index < -0.39 is 0 Å². The summed E-state index contributed by atoms with van der Waals surface area (Å²) in [6.07, 6.45) is 1.10. The van der Waals surface area contributed by atoms with E-state index in [1.807, 2.05) is 0 Å². The maximum absolute atomic E-state index is 5.60. The molecule has 2 aromatic rings. The van der Waals surface area contributed by atoms with Crippen LogP contribution in [-0.2, 0) is 12.0 Å². The Balaban J connectivity index is 2.29. The monoisotopic (exact) mass is 260 g/mol. The lowest BCUT2D eigenvalue weighted by Gasteiger charge is -2.19. The lowest BCUT2D eigenvalue weighted by molar-refractivity contribution is 0.493. The number of benzene rings is 1. The summed E-state index contributed by atoms with van der Waals surface area (Å²) in [5.74, 6) is 0. The first kappa shape index (κ1) is 13.2. The second kappa shape index (κ2) is 5.21. The quantitative estimate of drug-likeness (QED) is 0.903. The van der Waals surface area contributed by atoms with Crippen LogP contribution in [0, 0.1) is 0 Å². The highest BCUT2D eigenvalue weighted by Gasteiger charge is 2.21. The Morgan fingerprint density at radius 1 is 1.22 bits per heavy atom. The van der Waals surface area contributed by atoms with Crippen molar-refractivity contribution in [2.45, 2.75) is 39.2 Å². The molecule has 2 nitrogen and oxygen atoms in total. The second-order valence-electron chi connectivity index (χ2n) is 5.18. The van der Waals surface area contributed by atoms with Gasteiger partial charge in [-0.2, -0.15) is 0 Å². The summed E-state index contributed by atoms with van der Waals surface area (Å²) in [5, 5.41) is 3.27. The minimum atomic E-state index is 0.159. The SMILES string of the molecule is CCC(C)(C)c1csc(-c2ccc(CN)cc2)n1. The molecule has 0 radical (unpaired) electrons. The van der Waals surface area contributed by atoms with Crippen molar-refractivity contribution in [1.29, 1.82) is 0 Å². The molecule has 0 atom stereocenters. The Morgan fingerprint density at radius 2 is 1.89 bits per heavy atom. The van der Waals surface area contributed by atoms with Gasteiger partial charge in [0.2, 0.25) is 0 Å². The molecule has 1 aromatic heterocycles. The molecule has 2 rings (SSSR count). The molecule has 3 heteroatoms. The summed E-state index contributed by atoms with van der Waals surface area (Å²) in [4.78, 5) is 4.77. The van der Waals surface area contributed by atoms with E-state index in [2.05, 4.69) is 50.4 Å².